The van der Waals surface area contributed by atoms with E-state index in [1.165, 1.54) is 3.57 Å². The molecular weight excluding hydrogens is 425 g/mol. The van der Waals surface area contributed by atoms with Gasteiger partial charge in [-0.3, -0.25) is 11.3 Å². The van der Waals surface area contributed by atoms with Crippen molar-refractivity contribution >= 4 is 49.9 Å². The lowest BCUT2D eigenvalue weighted by Gasteiger charge is -2.17. The molecule has 18 heavy (non-hydrogen) atoms. The van der Waals surface area contributed by atoms with Crippen molar-refractivity contribution in [3.63, 3.8) is 0 Å². The van der Waals surface area contributed by atoms with Crippen LogP contribution in [0.2, 0.25) is 0 Å². The van der Waals surface area contributed by atoms with Crippen LogP contribution in [-0.2, 0) is 6.42 Å². The number of hydrogen-bond acceptors (Lipinski definition) is 4. The molecule has 1 aromatic carbocycles. The van der Waals surface area contributed by atoms with Gasteiger partial charge in [-0.2, -0.15) is 0 Å². The maximum atomic E-state index is 5.68. The predicted octanol–water partition coefficient (Wildman–Crippen LogP) is 3.57. The van der Waals surface area contributed by atoms with E-state index in [-0.39, 0.29) is 6.04 Å². The van der Waals surface area contributed by atoms with E-state index in [4.69, 9.17) is 5.84 Å². The monoisotopic (exact) mass is 437 g/mol. The first kappa shape index (κ1) is 14.4. The molecule has 0 bridgehead atoms. The number of hydrogen-bond donors (Lipinski definition) is 2. The molecule has 0 aliphatic rings. The summed E-state index contributed by atoms with van der Waals surface area (Å²) >= 11 is 7.55. The molecule has 0 amide bonds. The number of thiazole rings is 1. The van der Waals surface area contributed by atoms with E-state index >= 15 is 0 Å². The highest BCUT2D eigenvalue weighted by Crippen LogP contribution is 2.28. The van der Waals surface area contributed by atoms with Gasteiger partial charge in [-0.15, -0.1) is 11.3 Å². The number of benzene rings is 1. The van der Waals surface area contributed by atoms with Crippen molar-refractivity contribution in [1.29, 1.82) is 0 Å². The van der Waals surface area contributed by atoms with E-state index in [0.717, 1.165) is 27.2 Å². The van der Waals surface area contributed by atoms with Crippen molar-refractivity contribution < 1.29 is 0 Å². The smallest absolute Gasteiger partial charge is 0.0947 e. The van der Waals surface area contributed by atoms with Crippen LogP contribution < -0.4 is 11.3 Å². The first-order chi connectivity index (χ1) is 8.60. The number of hydrazine groups is 1. The summed E-state index contributed by atoms with van der Waals surface area (Å²) in [5.41, 5.74) is 5.10. The Hall–Kier alpha value is -0.0200. The van der Waals surface area contributed by atoms with Gasteiger partial charge in [0.1, 0.15) is 0 Å². The van der Waals surface area contributed by atoms with Crippen molar-refractivity contribution in [2.24, 2.45) is 5.84 Å². The molecule has 2 aromatic rings. The number of aromatic nitrogens is 1. The largest absolute Gasteiger partial charge is 0.271 e. The van der Waals surface area contributed by atoms with Crippen LogP contribution in [0.3, 0.4) is 0 Å². The van der Waals surface area contributed by atoms with Gasteiger partial charge in [0.15, 0.2) is 0 Å². The summed E-state index contributed by atoms with van der Waals surface area (Å²) in [5.74, 6) is 5.68. The van der Waals surface area contributed by atoms with Crippen LogP contribution >= 0.6 is 49.9 Å². The quantitative estimate of drug-likeness (QED) is 0.436. The van der Waals surface area contributed by atoms with Crippen molar-refractivity contribution in [2.45, 2.75) is 19.4 Å². The number of rotatable bonds is 4. The minimum Gasteiger partial charge on any atom is -0.271 e. The van der Waals surface area contributed by atoms with Crippen molar-refractivity contribution in [3.05, 3.63) is 47.9 Å². The Kier molecular flexibility index (Phi) is 5.14. The maximum absolute atomic E-state index is 5.68. The second-order valence-electron chi connectivity index (χ2n) is 3.97. The molecule has 6 heteroatoms. The minimum atomic E-state index is 0.0691. The molecule has 0 aliphatic carbocycles. The third-order valence-electron chi connectivity index (χ3n) is 2.58. The molecule has 2 rings (SSSR count). The summed E-state index contributed by atoms with van der Waals surface area (Å²) in [6.45, 7) is 2.01. The molecule has 0 spiro atoms. The molecular formula is C12H13BrIN3S. The van der Waals surface area contributed by atoms with Crippen molar-refractivity contribution in [2.75, 3.05) is 0 Å². The van der Waals surface area contributed by atoms with Gasteiger partial charge < -0.3 is 0 Å². The Morgan fingerprint density at radius 3 is 2.94 bits per heavy atom. The molecule has 3 nitrogen and oxygen atoms in total. The van der Waals surface area contributed by atoms with E-state index in [1.54, 1.807) is 11.3 Å². The molecule has 1 aromatic heterocycles. The average Bonchev–Trinajstić information content (AvgIpc) is 2.75. The molecule has 0 saturated carbocycles. The molecule has 0 fully saturated rings. The van der Waals surface area contributed by atoms with Gasteiger partial charge in [-0.05, 0) is 53.3 Å². The van der Waals surface area contributed by atoms with Crippen LogP contribution in [0.5, 0.6) is 0 Å². The van der Waals surface area contributed by atoms with Crippen LogP contribution in [0.1, 0.15) is 22.3 Å². The average molecular weight is 438 g/mol. The van der Waals surface area contributed by atoms with Gasteiger partial charge >= 0.3 is 0 Å². The van der Waals surface area contributed by atoms with Crippen molar-refractivity contribution in [1.82, 2.24) is 10.4 Å². The van der Waals surface area contributed by atoms with E-state index < -0.39 is 0 Å². The Balaban J connectivity index is 2.25. The highest BCUT2D eigenvalue weighted by Gasteiger charge is 2.15. The lowest BCUT2D eigenvalue weighted by atomic mass is 10.1. The number of nitrogens with one attached hydrogen (secondary N) is 1. The summed E-state index contributed by atoms with van der Waals surface area (Å²) in [4.78, 5) is 4.48. The minimum absolute atomic E-state index is 0.0691. The fraction of sp³-hybridized carbons (Fsp3) is 0.250. The second kappa shape index (κ2) is 6.42. The highest BCUT2D eigenvalue weighted by atomic mass is 127. The Labute approximate surface area is 132 Å². The van der Waals surface area contributed by atoms with E-state index in [1.807, 2.05) is 6.92 Å². The molecule has 1 unspecified atom stereocenters. The van der Waals surface area contributed by atoms with Crippen molar-refractivity contribution in [3.8, 4) is 0 Å². The fourth-order valence-corrected chi connectivity index (χ4v) is 3.57. The molecule has 1 atom stereocenters. The third kappa shape index (κ3) is 3.51. The second-order valence-corrected chi connectivity index (χ2v) is 7.01. The zero-order valence-electron chi connectivity index (χ0n) is 9.78. The molecule has 0 aliphatic heterocycles. The fourth-order valence-electron chi connectivity index (χ4n) is 1.71. The Morgan fingerprint density at radius 2 is 2.33 bits per heavy atom. The van der Waals surface area contributed by atoms with Gasteiger partial charge in [0, 0.05) is 25.5 Å². The summed E-state index contributed by atoms with van der Waals surface area (Å²) in [5, 5.41) is 3.16. The van der Waals surface area contributed by atoms with Gasteiger partial charge in [0.2, 0.25) is 0 Å². The summed E-state index contributed by atoms with van der Waals surface area (Å²) in [6.07, 6.45) is 0.799. The molecule has 1 heterocycles. The predicted molar refractivity (Wildman–Crippen MR) is 87.5 cm³/mol. The molecule has 96 valence electrons. The van der Waals surface area contributed by atoms with Gasteiger partial charge in [-0.1, -0.05) is 15.9 Å². The molecule has 0 saturated heterocycles. The number of aryl methyl sites for hydroxylation is 1. The number of nitrogens with zero attached hydrogens (tertiary/aromatic N) is 1. The summed E-state index contributed by atoms with van der Waals surface area (Å²) in [7, 11) is 0. The summed E-state index contributed by atoms with van der Waals surface area (Å²) < 4.78 is 2.26. The molecule has 0 radical (unpaired) electrons. The van der Waals surface area contributed by atoms with E-state index in [9.17, 15) is 0 Å². The third-order valence-corrected chi connectivity index (χ3v) is 4.96. The Bertz CT molecular complexity index is 544. The van der Waals surface area contributed by atoms with E-state index in [2.05, 4.69) is 72.5 Å². The highest BCUT2D eigenvalue weighted by molar-refractivity contribution is 14.1. The lowest BCUT2D eigenvalue weighted by Crippen LogP contribution is -2.29. The SMILES string of the molecule is Cc1csc(CC(NN)c2cc(I)ccc2Br)n1. The zero-order valence-corrected chi connectivity index (χ0v) is 14.3. The zero-order chi connectivity index (χ0) is 13.1. The van der Waals surface area contributed by atoms with Crippen LogP contribution in [0.15, 0.2) is 28.1 Å². The standard InChI is InChI=1S/C12H13BrIN3S/c1-7-6-18-12(16-7)5-11(17-15)9-4-8(14)2-3-10(9)13/h2-4,6,11,17H,5,15H2,1H3. The van der Waals surface area contributed by atoms with E-state index in [0.29, 0.717) is 0 Å². The van der Waals surface area contributed by atoms with Gasteiger partial charge in [0.25, 0.3) is 0 Å². The molecule has 3 N–H and O–H groups in total. The lowest BCUT2D eigenvalue weighted by molar-refractivity contribution is 0.548. The number of halogens is 2. The normalized spacial score (nSPS) is 12.7. The number of nitrogens with two attached hydrogens (primary N) is 1. The van der Waals surface area contributed by atoms with Gasteiger partial charge in [-0.25, -0.2) is 4.98 Å². The van der Waals surface area contributed by atoms with Crippen LogP contribution in [0.25, 0.3) is 0 Å². The first-order valence-corrected chi connectivity index (χ1v) is 8.17. The van der Waals surface area contributed by atoms with Crippen LogP contribution in [-0.4, -0.2) is 4.98 Å². The van der Waals surface area contributed by atoms with Crippen LogP contribution in [0.4, 0.5) is 0 Å². The Morgan fingerprint density at radius 1 is 1.56 bits per heavy atom. The topological polar surface area (TPSA) is 50.9 Å². The summed E-state index contributed by atoms with van der Waals surface area (Å²) in [6, 6.07) is 6.32. The van der Waals surface area contributed by atoms with Crippen LogP contribution in [0, 0.1) is 10.5 Å². The maximum Gasteiger partial charge on any atom is 0.0947 e. The first-order valence-electron chi connectivity index (χ1n) is 5.42. The van der Waals surface area contributed by atoms with Gasteiger partial charge in [0.05, 0.1) is 11.0 Å².